The van der Waals surface area contributed by atoms with Crippen molar-refractivity contribution >= 4 is 11.6 Å². The molecule has 2 aromatic rings. The molecule has 0 spiro atoms. The summed E-state index contributed by atoms with van der Waals surface area (Å²) < 4.78 is 2.10. The number of H-pyrrole nitrogens is 1. The fourth-order valence-electron chi connectivity index (χ4n) is 2.99. The molecule has 0 saturated carbocycles. The molecule has 0 saturated heterocycles. The maximum Gasteiger partial charge on any atom is 0.174 e. The molecule has 0 bridgehead atoms. The Labute approximate surface area is 136 Å². The summed E-state index contributed by atoms with van der Waals surface area (Å²) in [7, 11) is 0. The van der Waals surface area contributed by atoms with Crippen LogP contribution in [0.5, 0.6) is 0 Å². The zero-order chi connectivity index (χ0) is 16.4. The maximum absolute atomic E-state index is 9.63. The van der Waals surface area contributed by atoms with Crippen LogP contribution in [0.1, 0.15) is 62.9 Å². The predicted molar refractivity (Wildman–Crippen MR) is 88.3 cm³/mol. The number of allylic oxidation sites excluding steroid dienone is 1. The lowest BCUT2D eigenvalue weighted by molar-refractivity contribution is 0.566. The zero-order valence-electron chi connectivity index (χ0n) is 13.9. The smallest absolute Gasteiger partial charge is 0.174 e. The predicted octanol–water partition coefficient (Wildman–Crippen LogP) is 3.09. The van der Waals surface area contributed by atoms with E-state index in [2.05, 4.69) is 51.8 Å². The first kappa shape index (κ1) is 15.5. The lowest BCUT2D eigenvalue weighted by Gasteiger charge is -2.17. The molecule has 120 valence electrons. The number of aromatic nitrogens is 5. The number of aryl methyl sites for hydroxylation is 1. The minimum absolute atomic E-state index is 0.0648. The van der Waals surface area contributed by atoms with Crippen LogP contribution in [0.2, 0.25) is 0 Å². The summed E-state index contributed by atoms with van der Waals surface area (Å²) in [5.41, 5.74) is 2.42. The summed E-state index contributed by atoms with van der Waals surface area (Å²) in [5, 5.41) is 25.4. The fourth-order valence-corrected chi connectivity index (χ4v) is 2.99. The van der Waals surface area contributed by atoms with Gasteiger partial charge < -0.3 is 4.57 Å². The Morgan fingerprint density at radius 2 is 2.13 bits per heavy atom. The van der Waals surface area contributed by atoms with Gasteiger partial charge in [-0.05, 0) is 18.9 Å². The summed E-state index contributed by atoms with van der Waals surface area (Å²) in [6.45, 7) is 7.24. The van der Waals surface area contributed by atoms with E-state index in [0.717, 1.165) is 42.9 Å². The Morgan fingerprint density at radius 3 is 2.87 bits per heavy atom. The highest BCUT2D eigenvalue weighted by Crippen LogP contribution is 2.27. The second-order valence-corrected chi connectivity index (χ2v) is 7.02. The van der Waals surface area contributed by atoms with Crippen LogP contribution in [0.15, 0.2) is 6.20 Å². The van der Waals surface area contributed by atoms with E-state index >= 15 is 0 Å². The SMILES string of the molecule is CC(C)(C)c1[nH]ncc1/C=C(\C#N)c1nnc2n1CCCCC2. The lowest BCUT2D eigenvalue weighted by atomic mass is 9.89. The van der Waals surface area contributed by atoms with Gasteiger partial charge in [-0.1, -0.05) is 27.2 Å². The Hall–Kier alpha value is -2.42. The van der Waals surface area contributed by atoms with E-state index in [1.165, 1.54) is 6.42 Å². The van der Waals surface area contributed by atoms with Crippen molar-refractivity contribution in [1.29, 1.82) is 5.26 Å². The first-order valence-corrected chi connectivity index (χ1v) is 8.09. The maximum atomic E-state index is 9.63. The van der Waals surface area contributed by atoms with Gasteiger partial charge in [0, 0.05) is 29.6 Å². The monoisotopic (exact) mass is 310 g/mol. The third-order valence-electron chi connectivity index (χ3n) is 4.19. The topological polar surface area (TPSA) is 83.2 Å². The van der Waals surface area contributed by atoms with Crippen molar-refractivity contribution in [3.8, 4) is 6.07 Å². The van der Waals surface area contributed by atoms with Gasteiger partial charge in [0.25, 0.3) is 0 Å². The van der Waals surface area contributed by atoms with Gasteiger partial charge in [-0.2, -0.15) is 10.4 Å². The second-order valence-electron chi connectivity index (χ2n) is 7.02. The van der Waals surface area contributed by atoms with E-state index in [1.807, 2.05) is 6.08 Å². The highest BCUT2D eigenvalue weighted by atomic mass is 15.3. The number of aromatic amines is 1. The van der Waals surface area contributed by atoms with Crippen LogP contribution in [-0.2, 0) is 18.4 Å². The van der Waals surface area contributed by atoms with E-state index in [0.29, 0.717) is 11.4 Å². The Morgan fingerprint density at radius 1 is 1.30 bits per heavy atom. The molecule has 3 rings (SSSR count). The molecule has 0 amide bonds. The third-order valence-corrected chi connectivity index (χ3v) is 4.19. The molecule has 23 heavy (non-hydrogen) atoms. The molecule has 0 fully saturated rings. The fraction of sp³-hybridized carbons (Fsp3) is 0.529. The summed E-state index contributed by atoms with van der Waals surface area (Å²) in [6, 6.07) is 2.29. The average Bonchev–Trinajstić information content (AvgIpc) is 3.06. The van der Waals surface area contributed by atoms with Crippen LogP contribution in [-0.4, -0.2) is 25.0 Å². The van der Waals surface area contributed by atoms with Crippen molar-refractivity contribution in [2.45, 2.75) is 58.4 Å². The van der Waals surface area contributed by atoms with Gasteiger partial charge in [0.2, 0.25) is 0 Å². The Kier molecular flexibility index (Phi) is 4.03. The van der Waals surface area contributed by atoms with Gasteiger partial charge in [0.1, 0.15) is 11.9 Å². The van der Waals surface area contributed by atoms with Gasteiger partial charge in [-0.3, -0.25) is 5.10 Å². The standard InChI is InChI=1S/C17H22N6/c1-17(2,3)15-13(11-19-21-15)9-12(10-18)16-22-20-14-7-5-4-6-8-23(14)16/h9,11H,4-8H2,1-3H3,(H,19,21)/b12-9+. The Bertz CT molecular complexity index is 766. The van der Waals surface area contributed by atoms with Crippen molar-refractivity contribution in [1.82, 2.24) is 25.0 Å². The summed E-state index contributed by atoms with van der Waals surface area (Å²) in [4.78, 5) is 0. The molecule has 0 unspecified atom stereocenters. The van der Waals surface area contributed by atoms with Crippen LogP contribution in [0.25, 0.3) is 11.6 Å². The number of nitriles is 1. The highest BCUT2D eigenvalue weighted by molar-refractivity contribution is 5.87. The van der Waals surface area contributed by atoms with Crippen molar-refractivity contribution < 1.29 is 0 Å². The van der Waals surface area contributed by atoms with Crippen LogP contribution in [0, 0.1) is 11.3 Å². The summed E-state index contributed by atoms with van der Waals surface area (Å²) in [6.07, 6.45) is 8.01. The quantitative estimate of drug-likeness (QED) is 0.864. The van der Waals surface area contributed by atoms with Gasteiger partial charge in [-0.25, -0.2) is 0 Å². The largest absolute Gasteiger partial charge is 0.310 e. The first-order chi connectivity index (χ1) is 11.0. The van der Waals surface area contributed by atoms with Crippen molar-refractivity contribution in [3.05, 3.63) is 29.1 Å². The van der Waals surface area contributed by atoms with Crippen molar-refractivity contribution in [3.63, 3.8) is 0 Å². The lowest BCUT2D eigenvalue weighted by Crippen LogP contribution is -2.13. The number of fused-ring (bicyclic) bond motifs is 1. The molecule has 2 aromatic heterocycles. The van der Waals surface area contributed by atoms with Gasteiger partial charge in [0.15, 0.2) is 5.82 Å². The molecule has 3 heterocycles. The summed E-state index contributed by atoms with van der Waals surface area (Å²) >= 11 is 0. The van der Waals surface area contributed by atoms with Gasteiger partial charge in [-0.15, -0.1) is 10.2 Å². The third kappa shape index (κ3) is 3.04. The minimum Gasteiger partial charge on any atom is -0.310 e. The van der Waals surface area contributed by atoms with Gasteiger partial charge in [0.05, 0.1) is 11.8 Å². The van der Waals surface area contributed by atoms with Gasteiger partial charge >= 0.3 is 0 Å². The van der Waals surface area contributed by atoms with Crippen LogP contribution in [0.3, 0.4) is 0 Å². The molecular formula is C17H22N6. The molecule has 0 aliphatic carbocycles. The van der Waals surface area contributed by atoms with E-state index < -0.39 is 0 Å². The van der Waals surface area contributed by atoms with Crippen LogP contribution >= 0.6 is 0 Å². The van der Waals surface area contributed by atoms with E-state index in [4.69, 9.17) is 0 Å². The molecule has 0 radical (unpaired) electrons. The number of nitrogens with one attached hydrogen (secondary N) is 1. The molecule has 1 aliphatic heterocycles. The van der Waals surface area contributed by atoms with E-state index in [9.17, 15) is 5.26 Å². The molecule has 6 heteroatoms. The highest BCUT2D eigenvalue weighted by Gasteiger charge is 2.21. The Balaban J connectivity index is 2.03. The van der Waals surface area contributed by atoms with Crippen LogP contribution < -0.4 is 0 Å². The molecule has 0 aromatic carbocycles. The molecule has 1 aliphatic rings. The summed E-state index contributed by atoms with van der Waals surface area (Å²) in [5.74, 6) is 1.66. The van der Waals surface area contributed by atoms with E-state index in [-0.39, 0.29) is 5.41 Å². The second kappa shape index (κ2) is 5.99. The van der Waals surface area contributed by atoms with E-state index in [1.54, 1.807) is 6.20 Å². The number of nitrogens with zero attached hydrogens (tertiary/aromatic N) is 5. The molecule has 6 nitrogen and oxygen atoms in total. The normalized spacial score (nSPS) is 15.8. The number of rotatable bonds is 2. The molecular weight excluding hydrogens is 288 g/mol. The number of hydrogen-bond donors (Lipinski definition) is 1. The van der Waals surface area contributed by atoms with Crippen molar-refractivity contribution in [2.75, 3.05) is 0 Å². The first-order valence-electron chi connectivity index (χ1n) is 8.09. The van der Waals surface area contributed by atoms with Crippen molar-refractivity contribution in [2.24, 2.45) is 0 Å². The average molecular weight is 310 g/mol. The molecule has 0 atom stereocenters. The number of hydrogen-bond acceptors (Lipinski definition) is 4. The minimum atomic E-state index is -0.0648. The van der Waals surface area contributed by atoms with Crippen LogP contribution in [0.4, 0.5) is 0 Å². The molecule has 1 N–H and O–H groups in total. The zero-order valence-corrected chi connectivity index (χ0v) is 13.9.